The van der Waals surface area contributed by atoms with E-state index in [1.54, 1.807) is 31.2 Å². The molecule has 0 spiro atoms. The van der Waals surface area contributed by atoms with Crippen LogP contribution in [0, 0.1) is 11.8 Å². The van der Waals surface area contributed by atoms with E-state index in [0.29, 0.717) is 30.7 Å². The summed E-state index contributed by atoms with van der Waals surface area (Å²) in [5.74, 6) is -1.41. The summed E-state index contributed by atoms with van der Waals surface area (Å²) in [5, 5.41) is 9.09. The van der Waals surface area contributed by atoms with Gasteiger partial charge >= 0.3 is 11.9 Å². The second kappa shape index (κ2) is 8.29. The van der Waals surface area contributed by atoms with Crippen LogP contribution in [0.5, 0.6) is 5.75 Å². The molecule has 21 heavy (non-hydrogen) atoms. The van der Waals surface area contributed by atoms with Gasteiger partial charge < -0.3 is 15.6 Å². The molecule has 0 amide bonds. The van der Waals surface area contributed by atoms with Crippen molar-refractivity contribution < 1.29 is 19.4 Å². The minimum absolute atomic E-state index is 0.332. The fourth-order valence-electron chi connectivity index (χ4n) is 2.06. The molecule has 2 atom stereocenters. The van der Waals surface area contributed by atoms with Crippen molar-refractivity contribution >= 4 is 17.6 Å². The smallest absolute Gasteiger partial charge is 0.314 e. The molecular weight excluding hydrogens is 270 g/mol. The summed E-state index contributed by atoms with van der Waals surface area (Å²) in [4.78, 5) is 23.0. The van der Waals surface area contributed by atoms with Crippen LogP contribution < -0.4 is 10.5 Å². The van der Waals surface area contributed by atoms with E-state index in [1.165, 1.54) is 0 Å². The van der Waals surface area contributed by atoms with E-state index >= 15 is 0 Å². The zero-order valence-corrected chi connectivity index (χ0v) is 12.5. The van der Waals surface area contributed by atoms with Gasteiger partial charge in [-0.1, -0.05) is 20.3 Å². The highest BCUT2D eigenvalue weighted by molar-refractivity contribution is 5.75. The molecule has 0 saturated heterocycles. The molecule has 0 aliphatic carbocycles. The molecule has 0 bridgehead atoms. The van der Waals surface area contributed by atoms with Crippen LogP contribution in [0.15, 0.2) is 24.3 Å². The first-order valence-corrected chi connectivity index (χ1v) is 7.24. The fourth-order valence-corrected chi connectivity index (χ4v) is 2.06. The predicted octanol–water partition coefficient (Wildman–Crippen LogP) is 3.09. The van der Waals surface area contributed by atoms with Gasteiger partial charge in [0.05, 0.1) is 11.8 Å². The molecule has 2 unspecified atom stereocenters. The van der Waals surface area contributed by atoms with Gasteiger partial charge in [0.15, 0.2) is 0 Å². The molecule has 1 rings (SSSR count). The number of aliphatic carboxylic acids is 1. The van der Waals surface area contributed by atoms with Crippen LogP contribution in [0.4, 0.5) is 5.69 Å². The van der Waals surface area contributed by atoms with E-state index in [2.05, 4.69) is 0 Å². The summed E-state index contributed by atoms with van der Waals surface area (Å²) in [6.45, 7) is 3.71. The van der Waals surface area contributed by atoms with Crippen molar-refractivity contribution in [3.8, 4) is 5.75 Å². The Hall–Kier alpha value is -2.04. The monoisotopic (exact) mass is 293 g/mol. The number of carbonyl (C=O) groups is 2. The normalized spacial score (nSPS) is 13.4. The molecule has 5 nitrogen and oxygen atoms in total. The lowest BCUT2D eigenvalue weighted by atomic mass is 9.93. The molecule has 0 heterocycles. The SMILES string of the molecule is CCCC(CCC(C)C(=O)Oc1ccc(N)cc1)C(=O)O. The van der Waals surface area contributed by atoms with Crippen molar-refractivity contribution in [2.45, 2.75) is 39.5 Å². The largest absolute Gasteiger partial charge is 0.481 e. The van der Waals surface area contributed by atoms with Crippen LogP contribution in [0.1, 0.15) is 39.5 Å². The second-order valence-electron chi connectivity index (χ2n) is 5.29. The van der Waals surface area contributed by atoms with Gasteiger partial charge in [0.1, 0.15) is 5.75 Å². The molecule has 0 aliphatic rings. The quantitative estimate of drug-likeness (QED) is 0.437. The van der Waals surface area contributed by atoms with E-state index in [1.807, 2.05) is 6.92 Å². The maximum Gasteiger partial charge on any atom is 0.314 e. The summed E-state index contributed by atoms with van der Waals surface area (Å²) in [7, 11) is 0. The highest BCUT2D eigenvalue weighted by Crippen LogP contribution is 2.20. The van der Waals surface area contributed by atoms with E-state index in [9.17, 15) is 9.59 Å². The third kappa shape index (κ3) is 5.85. The number of anilines is 1. The molecule has 5 heteroatoms. The third-order valence-electron chi connectivity index (χ3n) is 3.44. The third-order valence-corrected chi connectivity index (χ3v) is 3.44. The van der Waals surface area contributed by atoms with E-state index in [4.69, 9.17) is 15.6 Å². The maximum atomic E-state index is 11.9. The summed E-state index contributed by atoms with van der Waals surface area (Å²) < 4.78 is 5.24. The predicted molar refractivity (Wildman–Crippen MR) is 80.9 cm³/mol. The number of carbonyl (C=O) groups excluding carboxylic acids is 1. The first-order valence-electron chi connectivity index (χ1n) is 7.24. The molecule has 0 fully saturated rings. The molecule has 0 radical (unpaired) electrons. The highest BCUT2D eigenvalue weighted by Gasteiger charge is 2.21. The van der Waals surface area contributed by atoms with Crippen LogP contribution in [0.2, 0.25) is 0 Å². The number of benzene rings is 1. The van der Waals surface area contributed by atoms with Crippen LogP contribution in [-0.4, -0.2) is 17.0 Å². The Morgan fingerprint density at radius 2 is 1.81 bits per heavy atom. The first-order chi connectivity index (χ1) is 9.93. The van der Waals surface area contributed by atoms with Gasteiger partial charge in [0.25, 0.3) is 0 Å². The average Bonchev–Trinajstić information content (AvgIpc) is 2.45. The lowest BCUT2D eigenvalue weighted by molar-refractivity contribution is -0.143. The van der Waals surface area contributed by atoms with Gasteiger partial charge in [0.2, 0.25) is 0 Å². The van der Waals surface area contributed by atoms with Gasteiger partial charge in [-0.2, -0.15) is 0 Å². The molecular formula is C16H23NO4. The summed E-state index contributed by atoms with van der Waals surface area (Å²) in [6, 6.07) is 6.60. The van der Waals surface area contributed by atoms with Gasteiger partial charge in [-0.05, 0) is 43.5 Å². The highest BCUT2D eigenvalue weighted by atomic mass is 16.5. The van der Waals surface area contributed by atoms with Gasteiger partial charge in [-0.15, -0.1) is 0 Å². The summed E-state index contributed by atoms with van der Waals surface area (Å²) >= 11 is 0. The van der Waals surface area contributed by atoms with Crippen molar-refractivity contribution in [3.63, 3.8) is 0 Å². The standard InChI is InChI=1S/C16H23NO4/c1-3-4-12(15(18)19)6-5-11(2)16(20)21-14-9-7-13(17)8-10-14/h7-12H,3-6,17H2,1-2H3,(H,18,19). The number of carboxylic acid groups (broad SMARTS) is 1. The molecule has 1 aromatic carbocycles. The Kier molecular flexibility index (Phi) is 6.72. The van der Waals surface area contributed by atoms with Gasteiger partial charge in [-0.3, -0.25) is 9.59 Å². The molecule has 3 N–H and O–H groups in total. The number of hydrogen-bond acceptors (Lipinski definition) is 4. The zero-order chi connectivity index (χ0) is 15.8. The number of ether oxygens (including phenoxy) is 1. The Morgan fingerprint density at radius 1 is 1.19 bits per heavy atom. The second-order valence-corrected chi connectivity index (χ2v) is 5.29. The number of esters is 1. The maximum absolute atomic E-state index is 11.9. The fraction of sp³-hybridized carbons (Fsp3) is 0.500. The molecule has 1 aromatic rings. The number of hydrogen-bond donors (Lipinski definition) is 2. The first kappa shape index (κ1) is 17.0. The van der Waals surface area contributed by atoms with Crippen LogP contribution in [0.25, 0.3) is 0 Å². The van der Waals surface area contributed by atoms with Crippen LogP contribution >= 0.6 is 0 Å². The minimum atomic E-state index is -0.795. The van der Waals surface area contributed by atoms with E-state index in [0.717, 1.165) is 6.42 Å². The number of rotatable bonds is 8. The van der Waals surface area contributed by atoms with Crippen LogP contribution in [-0.2, 0) is 9.59 Å². The lowest BCUT2D eigenvalue weighted by Crippen LogP contribution is -2.21. The number of carboxylic acids is 1. The molecule has 0 aromatic heterocycles. The summed E-state index contributed by atoms with van der Waals surface area (Å²) in [6.07, 6.45) is 2.45. The van der Waals surface area contributed by atoms with Crippen LogP contribution in [0.3, 0.4) is 0 Å². The number of nitrogen functional groups attached to an aromatic ring is 1. The van der Waals surface area contributed by atoms with Gasteiger partial charge in [-0.25, -0.2) is 0 Å². The van der Waals surface area contributed by atoms with Crippen molar-refractivity contribution in [2.75, 3.05) is 5.73 Å². The zero-order valence-electron chi connectivity index (χ0n) is 12.5. The Balaban J connectivity index is 2.47. The summed E-state index contributed by atoms with van der Waals surface area (Å²) in [5.41, 5.74) is 6.16. The van der Waals surface area contributed by atoms with Crippen molar-refractivity contribution in [3.05, 3.63) is 24.3 Å². The van der Waals surface area contributed by atoms with Gasteiger partial charge in [0, 0.05) is 5.69 Å². The minimum Gasteiger partial charge on any atom is -0.481 e. The molecule has 0 saturated carbocycles. The van der Waals surface area contributed by atoms with Crippen molar-refractivity contribution in [1.82, 2.24) is 0 Å². The Morgan fingerprint density at radius 3 is 2.33 bits per heavy atom. The van der Waals surface area contributed by atoms with E-state index in [-0.39, 0.29) is 17.8 Å². The topological polar surface area (TPSA) is 89.6 Å². The Labute approximate surface area is 125 Å². The molecule has 116 valence electrons. The lowest BCUT2D eigenvalue weighted by Gasteiger charge is -2.15. The van der Waals surface area contributed by atoms with Crippen molar-refractivity contribution in [2.24, 2.45) is 11.8 Å². The molecule has 0 aliphatic heterocycles. The van der Waals surface area contributed by atoms with E-state index < -0.39 is 5.97 Å². The van der Waals surface area contributed by atoms with Crippen molar-refractivity contribution in [1.29, 1.82) is 0 Å². The average molecular weight is 293 g/mol. The Bertz CT molecular complexity index is 470. The number of nitrogens with two attached hydrogens (primary N) is 1.